The monoisotopic (exact) mass is 312 g/mol. The molecule has 0 bridgehead atoms. The molecule has 0 amide bonds. The first-order valence-corrected chi connectivity index (χ1v) is 8.81. The van der Waals surface area contributed by atoms with Crippen LogP contribution in [0.2, 0.25) is 0 Å². The van der Waals surface area contributed by atoms with E-state index in [1.807, 2.05) is 7.05 Å². The highest BCUT2D eigenvalue weighted by Crippen LogP contribution is 2.22. The first-order chi connectivity index (χ1) is 11.3. The van der Waals surface area contributed by atoms with E-state index in [1.165, 1.54) is 54.3 Å². The number of aryl methyl sites for hydroxylation is 1. The van der Waals surface area contributed by atoms with Crippen LogP contribution in [-0.4, -0.2) is 30.6 Å². The highest BCUT2D eigenvalue weighted by atomic mass is 15.2. The number of para-hydroxylation sites is 1. The van der Waals surface area contributed by atoms with Crippen LogP contribution in [0.5, 0.6) is 0 Å². The van der Waals surface area contributed by atoms with Crippen molar-refractivity contribution in [3.8, 4) is 0 Å². The predicted octanol–water partition coefficient (Wildman–Crippen LogP) is 3.52. The van der Waals surface area contributed by atoms with Gasteiger partial charge in [-0.15, -0.1) is 0 Å². The minimum absolute atomic E-state index is 0.588. The number of guanidine groups is 1. The third kappa shape index (κ3) is 3.87. The minimum atomic E-state index is 0.588. The standard InChI is InChI=1S/C19H28N4/c1-14-16(17-10-6-7-11-18(17)22-14)12-13-21-19(20-2)23-15-8-4-3-5-9-15/h6-7,10-11,15,22H,3-5,8-9,12-13H2,1-2H3,(H2,20,21,23). The molecule has 23 heavy (non-hydrogen) atoms. The number of benzene rings is 1. The third-order valence-electron chi connectivity index (χ3n) is 4.86. The van der Waals surface area contributed by atoms with Crippen LogP contribution < -0.4 is 10.6 Å². The molecule has 1 heterocycles. The van der Waals surface area contributed by atoms with Crippen LogP contribution in [0.4, 0.5) is 0 Å². The Bertz CT molecular complexity index is 665. The van der Waals surface area contributed by atoms with E-state index >= 15 is 0 Å². The summed E-state index contributed by atoms with van der Waals surface area (Å²) in [6.45, 7) is 3.06. The number of nitrogens with one attached hydrogen (secondary N) is 3. The summed E-state index contributed by atoms with van der Waals surface area (Å²) in [7, 11) is 1.86. The summed E-state index contributed by atoms with van der Waals surface area (Å²) in [5.41, 5.74) is 3.90. The highest BCUT2D eigenvalue weighted by molar-refractivity contribution is 5.84. The van der Waals surface area contributed by atoms with Crippen LogP contribution >= 0.6 is 0 Å². The van der Waals surface area contributed by atoms with Gasteiger partial charge in [-0.3, -0.25) is 4.99 Å². The van der Waals surface area contributed by atoms with Crippen LogP contribution in [0.1, 0.15) is 43.4 Å². The predicted molar refractivity (Wildman–Crippen MR) is 98.1 cm³/mol. The Morgan fingerprint density at radius 1 is 1.22 bits per heavy atom. The molecule has 4 nitrogen and oxygen atoms in total. The number of hydrogen-bond donors (Lipinski definition) is 3. The van der Waals surface area contributed by atoms with Gasteiger partial charge in [0.1, 0.15) is 0 Å². The Labute approximate surface area is 138 Å². The number of hydrogen-bond acceptors (Lipinski definition) is 1. The molecule has 0 aliphatic heterocycles. The molecule has 0 unspecified atom stereocenters. The topological polar surface area (TPSA) is 52.2 Å². The molecule has 3 rings (SSSR count). The van der Waals surface area contributed by atoms with Gasteiger partial charge in [0.15, 0.2) is 5.96 Å². The molecule has 4 heteroatoms. The van der Waals surface area contributed by atoms with Crippen molar-refractivity contribution < 1.29 is 0 Å². The number of aliphatic imine (C=N–C) groups is 1. The Hall–Kier alpha value is -1.97. The van der Waals surface area contributed by atoms with Gasteiger partial charge in [-0.2, -0.15) is 0 Å². The van der Waals surface area contributed by atoms with Crippen LogP contribution in [0.3, 0.4) is 0 Å². The Kier molecular flexibility index (Phi) is 5.21. The zero-order valence-electron chi connectivity index (χ0n) is 14.3. The molecule has 0 atom stereocenters. The summed E-state index contributed by atoms with van der Waals surface area (Å²) in [6.07, 6.45) is 7.59. The van der Waals surface area contributed by atoms with Crippen LogP contribution in [0.25, 0.3) is 10.9 Å². The van der Waals surface area contributed by atoms with Gasteiger partial charge in [-0.1, -0.05) is 37.5 Å². The quantitative estimate of drug-likeness (QED) is 0.598. The molecular formula is C19H28N4. The second kappa shape index (κ2) is 7.53. The van der Waals surface area contributed by atoms with Crippen molar-refractivity contribution >= 4 is 16.9 Å². The number of nitrogens with zero attached hydrogens (tertiary/aromatic N) is 1. The van der Waals surface area contributed by atoms with Crippen molar-refractivity contribution in [2.45, 2.75) is 51.5 Å². The van der Waals surface area contributed by atoms with Gasteiger partial charge in [0.05, 0.1) is 0 Å². The lowest BCUT2D eigenvalue weighted by atomic mass is 9.96. The van der Waals surface area contributed by atoms with Gasteiger partial charge in [0.25, 0.3) is 0 Å². The average Bonchev–Trinajstić information content (AvgIpc) is 2.90. The van der Waals surface area contributed by atoms with Crippen LogP contribution in [0, 0.1) is 6.92 Å². The first kappa shape index (κ1) is 15.9. The average molecular weight is 312 g/mol. The van der Waals surface area contributed by atoms with Crippen molar-refractivity contribution in [3.63, 3.8) is 0 Å². The van der Waals surface area contributed by atoms with Crippen molar-refractivity contribution in [1.29, 1.82) is 0 Å². The maximum absolute atomic E-state index is 4.37. The number of rotatable bonds is 4. The maximum Gasteiger partial charge on any atom is 0.191 e. The van der Waals surface area contributed by atoms with Gasteiger partial charge in [0, 0.05) is 36.2 Å². The van der Waals surface area contributed by atoms with E-state index in [4.69, 9.17) is 0 Å². The molecule has 2 aromatic rings. The zero-order valence-corrected chi connectivity index (χ0v) is 14.3. The normalized spacial score (nSPS) is 16.7. The fourth-order valence-corrected chi connectivity index (χ4v) is 3.60. The summed E-state index contributed by atoms with van der Waals surface area (Å²) in [6, 6.07) is 9.11. The molecule has 1 aromatic carbocycles. The summed E-state index contributed by atoms with van der Waals surface area (Å²) in [5.74, 6) is 0.939. The summed E-state index contributed by atoms with van der Waals surface area (Å²) < 4.78 is 0. The summed E-state index contributed by atoms with van der Waals surface area (Å²) in [5, 5.41) is 8.38. The van der Waals surface area contributed by atoms with Crippen molar-refractivity contribution in [3.05, 3.63) is 35.5 Å². The molecule has 1 fully saturated rings. The minimum Gasteiger partial charge on any atom is -0.358 e. The Morgan fingerprint density at radius 2 is 2.00 bits per heavy atom. The maximum atomic E-state index is 4.37. The van der Waals surface area contributed by atoms with E-state index in [0.29, 0.717) is 6.04 Å². The fourth-order valence-electron chi connectivity index (χ4n) is 3.60. The number of aromatic amines is 1. The smallest absolute Gasteiger partial charge is 0.191 e. The van der Waals surface area contributed by atoms with E-state index in [1.54, 1.807) is 0 Å². The largest absolute Gasteiger partial charge is 0.358 e. The molecule has 0 saturated heterocycles. The lowest BCUT2D eigenvalue weighted by Crippen LogP contribution is -2.44. The van der Waals surface area contributed by atoms with Gasteiger partial charge in [0.2, 0.25) is 0 Å². The molecule has 0 radical (unpaired) electrons. The SMILES string of the molecule is CN=C(NCCc1c(C)[nH]c2ccccc12)NC1CCCCC1. The summed E-state index contributed by atoms with van der Waals surface area (Å²) >= 11 is 0. The van der Waals surface area contributed by atoms with Gasteiger partial charge >= 0.3 is 0 Å². The van der Waals surface area contributed by atoms with E-state index < -0.39 is 0 Å². The Morgan fingerprint density at radius 3 is 2.78 bits per heavy atom. The summed E-state index contributed by atoms with van der Waals surface area (Å²) in [4.78, 5) is 7.84. The van der Waals surface area contributed by atoms with Crippen LogP contribution in [0.15, 0.2) is 29.3 Å². The van der Waals surface area contributed by atoms with E-state index in [-0.39, 0.29) is 0 Å². The van der Waals surface area contributed by atoms with E-state index in [2.05, 4.69) is 51.8 Å². The zero-order chi connectivity index (χ0) is 16.1. The molecule has 1 aromatic heterocycles. The molecule has 0 spiro atoms. The van der Waals surface area contributed by atoms with Crippen molar-refractivity contribution in [2.24, 2.45) is 4.99 Å². The molecule has 1 saturated carbocycles. The van der Waals surface area contributed by atoms with Crippen molar-refractivity contribution in [2.75, 3.05) is 13.6 Å². The lowest BCUT2D eigenvalue weighted by Gasteiger charge is -2.24. The molecule has 124 valence electrons. The molecule has 3 N–H and O–H groups in total. The lowest BCUT2D eigenvalue weighted by molar-refractivity contribution is 0.410. The fraction of sp³-hybridized carbons (Fsp3) is 0.526. The molecule has 1 aliphatic rings. The van der Waals surface area contributed by atoms with E-state index in [0.717, 1.165) is 18.9 Å². The van der Waals surface area contributed by atoms with Crippen LogP contribution in [-0.2, 0) is 6.42 Å². The third-order valence-corrected chi connectivity index (χ3v) is 4.86. The van der Waals surface area contributed by atoms with Crippen molar-refractivity contribution in [1.82, 2.24) is 15.6 Å². The van der Waals surface area contributed by atoms with Gasteiger partial charge < -0.3 is 15.6 Å². The highest BCUT2D eigenvalue weighted by Gasteiger charge is 2.14. The van der Waals surface area contributed by atoms with Gasteiger partial charge in [-0.25, -0.2) is 0 Å². The second-order valence-electron chi connectivity index (χ2n) is 6.50. The molecule has 1 aliphatic carbocycles. The van der Waals surface area contributed by atoms with E-state index in [9.17, 15) is 0 Å². The second-order valence-corrected chi connectivity index (χ2v) is 6.50. The van der Waals surface area contributed by atoms with Gasteiger partial charge in [-0.05, 0) is 37.8 Å². The number of fused-ring (bicyclic) bond motifs is 1. The number of aromatic nitrogens is 1. The molecular weight excluding hydrogens is 284 g/mol. The Balaban J connectivity index is 1.56. The first-order valence-electron chi connectivity index (χ1n) is 8.81. The number of H-pyrrole nitrogens is 1.